The number of hydrogen-bond donors (Lipinski definition) is 1. The normalized spacial score (nSPS) is 19.6. The Morgan fingerprint density at radius 3 is 2.93 bits per heavy atom. The first kappa shape index (κ1) is 17.2. The van der Waals surface area contributed by atoms with E-state index in [0.29, 0.717) is 30.1 Å². The number of amides is 1. The SMILES string of the molecule is Cc1onc(OC[C@H]2CCN2C)c1-c1ccn2nc(NC(=O)C3CC3)cc2c1. The fraction of sp³-hybridized carbons (Fsp3) is 0.450. The minimum Gasteiger partial charge on any atom is -0.473 e. The fourth-order valence-electron chi connectivity index (χ4n) is 3.52. The van der Waals surface area contributed by atoms with Gasteiger partial charge in [0.25, 0.3) is 5.88 Å². The molecule has 1 amide bonds. The van der Waals surface area contributed by atoms with Crippen LogP contribution in [0.25, 0.3) is 16.6 Å². The van der Waals surface area contributed by atoms with Crippen molar-refractivity contribution in [3.05, 3.63) is 30.2 Å². The average Bonchev–Trinajstić information content (AvgIpc) is 3.36. The lowest BCUT2D eigenvalue weighted by Gasteiger charge is -2.37. The first-order valence-electron chi connectivity index (χ1n) is 9.68. The van der Waals surface area contributed by atoms with Crippen molar-refractivity contribution in [3.63, 3.8) is 0 Å². The molecule has 3 aromatic heterocycles. The van der Waals surface area contributed by atoms with Crippen molar-refractivity contribution < 1.29 is 14.1 Å². The highest BCUT2D eigenvalue weighted by molar-refractivity contribution is 5.93. The van der Waals surface area contributed by atoms with Crippen LogP contribution in [-0.4, -0.2) is 51.8 Å². The smallest absolute Gasteiger partial charge is 0.262 e. The molecule has 2 aliphatic rings. The van der Waals surface area contributed by atoms with Gasteiger partial charge in [0.15, 0.2) is 5.82 Å². The summed E-state index contributed by atoms with van der Waals surface area (Å²) >= 11 is 0. The fourth-order valence-corrected chi connectivity index (χ4v) is 3.52. The Labute approximate surface area is 162 Å². The molecule has 1 saturated carbocycles. The van der Waals surface area contributed by atoms with Crippen LogP contribution in [0.4, 0.5) is 5.82 Å². The van der Waals surface area contributed by atoms with Gasteiger partial charge in [0.05, 0.1) is 11.1 Å². The molecule has 1 aliphatic carbocycles. The molecule has 146 valence electrons. The molecule has 5 rings (SSSR count). The van der Waals surface area contributed by atoms with Gasteiger partial charge in [0.2, 0.25) is 5.91 Å². The average molecular weight is 381 g/mol. The number of nitrogens with one attached hydrogen (secondary N) is 1. The van der Waals surface area contributed by atoms with Gasteiger partial charge in [0.1, 0.15) is 12.4 Å². The lowest BCUT2D eigenvalue weighted by Crippen LogP contribution is -2.48. The molecule has 0 radical (unpaired) electrons. The quantitative estimate of drug-likeness (QED) is 0.707. The highest BCUT2D eigenvalue weighted by Gasteiger charge is 2.30. The van der Waals surface area contributed by atoms with E-state index in [0.717, 1.165) is 42.5 Å². The highest BCUT2D eigenvalue weighted by atomic mass is 16.5. The Balaban J connectivity index is 1.39. The van der Waals surface area contributed by atoms with Gasteiger partial charge in [-0.3, -0.25) is 9.69 Å². The second-order valence-electron chi connectivity index (χ2n) is 7.73. The molecule has 1 atom stereocenters. The number of ether oxygens (including phenoxy) is 1. The number of aromatic nitrogens is 3. The predicted molar refractivity (Wildman–Crippen MR) is 103 cm³/mol. The van der Waals surface area contributed by atoms with E-state index in [-0.39, 0.29) is 11.8 Å². The molecule has 1 saturated heterocycles. The zero-order valence-corrected chi connectivity index (χ0v) is 16.0. The van der Waals surface area contributed by atoms with E-state index < -0.39 is 0 Å². The Bertz CT molecular complexity index is 1040. The van der Waals surface area contributed by atoms with Crippen LogP contribution >= 0.6 is 0 Å². The Kier molecular flexibility index (Phi) is 4.08. The molecule has 1 aliphatic heterocycles. The Hall–Kier alpha value is -2.87. The first-order valence-corrected chi connectivity index (χ1v) is 9.68. The van der Waals surface area contributed by atoms with Gasteiger partial charge in [-0.25, -0.2) is 4.52 Å². The van der Waals surface area contributed by atoms with Crippen LogP contribution < -0.4 is 10.1 Å². The molecule has 8 heteroatoms. The summed E-state index contributed by atoms with van der Waals surface area (Å²) in [6.07, 6.45) is 4.94. The zero-order valence-electron chi connectivity index (χ0n) is 16.0. The van der Waals surface area contributed by atoms with Crippen molar-refractivity contribution in [2.24, 2.45) is 5.92 Å². The van der Waals surface area contributed by atoms with Crippen LogP contribution in [-0.2, 0) is 4.79 Å². The number of carbonyl (C=O) groups is 1. The lowest BCUT2D eigenvalue weighted by atomic mass is 10.1. The topological polar surface area (TPSA) is 84.9 Å². The molecule has 1 N–H and O–H groups in total. The third-order valence-corrected chi connectivity index (χ3v) is 5.63. The van der Waals surface area contributed by atoms with Crippen LogP contribution in [0, 0.1) is 12.8 Å². The zero-order chi connectivity index (χ0) is 19.3. The van der Waals surface area contributed by atoms with E-state index in [1.165, 1.54) is 0 Å². The van der Waals surface area contributed by atoms with Gasteiger partial charge in [-0.15, -0.1) is 0 Å². The molecular formula is C20H23N5O3. The number of carbonyl (C=O) groups excluding carboxylic acids is 1. The van der Waals surface area contributed by atoms with Crippen molar-refractivity contribution in [1.82, 2.24) is 19.7 Å². The third kappa shape index (κ3) is 3.13. The molecule has 28 heavy (non-hydrogen) atoms. The van der Waals surface area contributed by atoms with E-state index >= 15 is 0 Å². The van der Waals surface area contributed by atoms with E-state index in [4.69, 9.17) is 9.26 Å². The van der Waals surface area contributed by atoms with Crippen molar-refractivity contribution >= 4 is 17.2 Å². The van der Waals surface area contributed by atoms with E-state index in [2.05, 4.69) is 27.5 Å². The number of likely N-dealkylation sites (tertiary alicyclic amines) is 1. The third-order valence-electron chi connectivity index (χ3n) is 5.63. The summed E-state index contributed by atoms with van der Waals surface area (Å²) in [5.41, 5.74) is 2.69. The van der Waals surface area contributed by atoms with E-state index in [9.17, 15) is 4.79 Å². The highest BCUT2D eigenvalue weighted by Crippen LogP contribution is 2.34. The van der Waals surface area contributed by atoms with Crippen LogP contribution in [0.5, 0.6) is 5.88 Å². The van der Waals surface area contributed by atoms with E-state index in [1.54, 1.807) is 4.52 Å². The number of rotatable bonds is 6. The monoisotopic (exact) mass is 381 g/mol. The number of aryl methyl sites for hydroxylation is 1. The maximum Gasteiger partial charge on any atom is 0.262 e. The summed E-state index contributed by atoms with van der Waals surface area (Å²) in [5.74, 6) is 2.00. The maximum absolute atomic E-state index is 12.0. The number of likely N-dealkylation sites (N-methyl/N-ethyl adjacent to an activating group) is 1. The second-order valence-corrected chi connectivity index (χ2v) is 7.73. The molecule has 3 aromatic rings. The van der Waals surface area contributed by atoms with Crippen molar-refractivity contribution in [2.75, 3.05) is 25.5 Å². The summed E-state index contributed by atoms with van der Waals surface area (Å²) in [5, 5.41) is 11.4. The van der Waals surface area contributed by atoms with Gasteiger partial charge in [-0.2, -0.15) is 5.10 Å². The molecule has 0 bridgehead atoms. The second kappa shape index (κ2) is 6.63. The Morgan fingerprint density at radius 1 is 1.36 bits per heavy atom. The summed E-state index contributed by atoms with van der Waals surface area (Å²) in [6.45, 7) is 3.59. The van der Waals surface area contributed by atoms with Crippen molar-refractivity contribution in [1.29, 1.82) is 0 Å². The van der Waals surface area contributed by atoms with Gasteiger partial charge >= 0.3 is 0 Å². The van der Waals surface area contributed by atoms with Gasteiger partial charge < -0.3 is 14.6 Å². The maximum atomic E-state index is 12.0. The minimum absolute atomic E-state index is 0.0511. The molecule has 4 heterocycles. The summed E-state index contributed by atoms with van der Waals surface area (Å²) < 4.78 is 13.1. The number of nitrogens with zero attached hydrogens (tertiary/aromatic N) is 4. The Morgan fingerprint density at radius 2 is 2.21 bits per heavy atom. The van der Waals surface area contributed by atoms with Crippen molar-refractivity contribution in [2.45, 2.75) is 32.2 Å². The van der Waals surface area contributed by atoms with Crippen molar-refractivity contribution in [3.8, 4) is 17.0 Å². The number of anilines is 1. The molecule has 2 fully saturated rings. The lowest BCUT2D eigenvalue weighted by molar-refractivity contribution is -0.117. The van der Waals surface area contributed by atoms with Gasteiger partial charge in [0, 0.05) is 24.2 Å². The van der Waals surface area contributed by atoms with Gasteiger partial charge in [-0.1, -0.05) is 0 Å². The standard InChI is InChI=1S/C20H23N5O3/c1-12-18(20(23-28-12)27-11-15-6-7-24(15)2)14-5-8-25-16(9-14)10-17(22-25)21-19(26)13-3-4-13/h5,8-10,13,15H,3-4,6-7,11H2,1-2H3,(H,21,22,26)/t15-/m1/s1. The largest absolute Gasteiger partial charge is 0.473 e. The summed E-state index contributed by atoms with van der Waals surface area (Å²) in [4.78, 5) is 14.2. The number of fused-ring (bicyclic) bond motifs is 1. The van der Waals surface area contributed by atoms with Crippen LogP contribution in [0.2, 0.25) is 0 Å². The first-order chi connectivity index (χ1) is 13.6. The van der Waals surface area contributed by atoms with Crippen LogP contribution in [0.1, 0.15) is 25.0 Å². The molecule has 8 nitrogen and oxygen atoms in total. The molecule has 0 spiro atoms. The molecular weight excluding hydrogens is 358 g/mol. The predicted octanol–water partition coefficient (Wildman–Crippen LogP) is 2.73. The van der Waals surface area contributed by atoms with Gasteiger partial charge in [-0.05, 0) is 62.6 Å². The molecule has 0 unspecified atom stereocenters. The molecule has 0 aromatic carbocycles. The summed E-state index contributed by atoms with van der Waals surface area (Å²) in [7, 11) is 2.10. The number of hydrogen-bond acceptors (Lipinski definition) is 6. The van der Waals surface area contributed by atoms with Crippen LogP contribution in [0.15, 0.2) is 28.9 Å². The van der Waals surface area contributed by atoms with Crippen LogP contribution in [0.3, 0.4) is 0 Å². The minimum atomic E-state index is 0.0511. The summed E-state index contributed by atoms with van der Waals surface area (Å²) in [6, 6.07) is 6.26. The van der Waals surface area contributed by atoms with E-state index in [1.807, 2.05) is 31.3 Å². The number of pyridine rings is 1.